The quantitative estimate of drug-likeness (QED) is 0.713. The van der Waals surface area contributed by atoms with Crippen molar-refractivity contribution in [2.45, 2.75) is 27.2 Å². The van der Waals surface area contributed by atoms with Gasteiger partial charge in [-0.1, -0.05) is 13.8 Å². The highest BCUT2D eigenvalue weighted by Crippen LogP contribution is 2.17. The molecule has 0 aliphatic carbocycles. The Labute approximate surface area is 119 Å². The number of rotatable bonds is 7. The molecule has 0 spiro atoms. The van der Waals surface area contributed by atoms with Gasteiger partial charge in [-0.05, 0) is 43.0 Å². The molecule has 0 radical (unpaired) electrons. The highest BCUT2D eigenvalue weighted by atomic mass is 16.4. The summed E-state index contributed by atoms with van der Waals surface area (Å²) in [5, 5.41) is 12.3. The van der Waals surface area contributed by atoms with Gasteiger partial charge in [0.05, 0.1) is 5.92 Å². The number of primary amides is 1. The predicted octanol–water partition coefficient (Wildman–Crippen LogP) is 2.25. The third-order valence-electron chi connectivity index (χ3n) is 3.15. The van der Waals surface area contributed by atoms with Crippen LogP contribution in [0.25, 0.3) is 0 Å². The molecule has 0 aliphatic heterocycles. The Kier molecular flexibility index (Phi) is 5.55. The highest BCUT2D eigenvalue weighted by Gasteiger charge is 2.18. The van der Waals surface area contributed by atoms with Crippen LogP contribution in [0, 0.1) is 18.8 Å². The maximum absolute atomic E-state index is 11.2. The van der Waals surface area contributed by atoms with Gasteiger partial charge in [0, 0.05) is 17.8 Å². The zero-order valence-corrected chi connectivity index (χ0v) is 12.1. The minimum atomic E-state index is -0.795. The second kappa shape index (κ2) is 6.93. The third kappa shape index (κ3) is 4.57. The predicted molar refractivity (Wildman–Crippen MR) is 78.8 cm³/mol. The van der Waals surface area contributed by atoms with E-state index >= 15 is 0 Å². The highest BCUT2D eigenvalue weighted by molar-refractivity contribution is 5.94. The molecule has 0 aromatic heterocycles. The van der Waals surface area contributed by atoms with Crippen molar-refractivity contribution in [3.8, 4) is 0 Å². The summed E-state index contributed by atoms with van der Waals surface area (Å²) in [7, 11) is 0. The van der Waals surface area contributed by atoms with E-state index in [9.17, 15) is 14.7 Å². The number of nitrogens with two attached hydrogens (primary N) is 1. The molecule has 1 amide bonds. The summed E-state index contributed by atoms with van der Waals surface area (Å²) in [4.78, 5) is 22.3. The van der Waals surface area contributed by atoms with E-state index in [-0.39, 0.29) is 0 Å². The van der Waals surface area contributed by atoms with Gasteiger partial charge in [0.1, 0.15) is 0 Å². The maximum Gasteiger partial charge on any atom is 0.308 e. The first-order chi connectivity index (χ1) is 9.31. The van der Waals surface area contributed by atoms with E-state index in [0.717, 1.165) is 11.3 Å². The molecule has 0 saturated carbocycles. The van der Waals surface area contributed by atoms with Gasteiger partial charge in [0.25, 0.3) is 0 Å². The molecule has 1 atom stereocenters. The smallest absolute Gasteiger partial charge is 0.308 e. The van der Waals surface area contributed by atoms with Crippen molar-refractivity contribution >= 4 is 17.6 Å². The summed E-state index contributed by atoms with van der Waals surface area (Å²) in [6, 6.07) is 5.19. The van der Waals surface area contributed by atoms with Crippen LogP contribution in [-0.4, -0.2) is 23.5 Å². The van der Waals surface area contributed by atoms with Gasteiger partial charge in [-0.15, -0.1) is 0 Å². The van der Waals surface area contributed by atoms with Gasteiger partial charge in [0.2, 0.25) is 5.91 Å². The van der Waals surface area contributed by atoms with Crippen LogP contribution in [0.2, 0.25) is 0 Å². The fourth-order valence-corrected chi connectivity index (χ4v) is 2.13. The second-order valence-electron chi connectivity index (χ2n) is 5.44. The van der Waals surface area contributed by atoms with Crippen molar-refractivity contribution in [2.24, 2.45) is 17.6 Å². The molecule has 5 nitrogen and oxygen atoms in total. The number of hydrogen-bond acceptors (Lipinski definition) is 3. The molecular weight excluding hydrogens is 256 g/mol. The van der Waals surface area contributed by atoms with E-state index in [1.807, 2.05) is 13.8 Å². The van der Waals surface area contributed by atoms with E-state index in [1.54, 1.807) is 25.1 Å². The number of carboxylic acid groups (broad SMARTS) is 1. The van der Waals surface area contributed by atoms with Crippen molar-refractivity contribution in [1.82, 2.24) is 0 Å². The Hall–Kier alpha value is -2.04. The standard InChI is InChI=1S/C15H22N2O3/c1-9(2)6-11(15(19)20)8-17-12-4-5-13(14(16)18)10(3)7-12/h4-5,7,9,11,17H,6,8H2,1-3H3,(H2,16,18)(H,19,20). The van der Waals surface area contributed by atoms with Crippen molar-refractivity contribution in [3.05, 3.63) is 29.3 Å². The van der Waals surface area contributed by atoms with Crippen LogP contribution in [0.1, 0.15) is 36.2 Å². The van der Waals surface area contributed by atoms with Crippen LogP contribution in [0.15, 0.2) is 18.2 Å². The van der Waals surface area contributed by atoms with Crippen LogP contribution in [0.3, 0.4) is 0 Å². The van der Waals surface area contributed by atoms with Crippen LogP contribution in [0.4, 0.5) is 5.69 Å². The van der Waals surface area contributed by atoms with E-state index < -0.39 is 17.8 Å². The molecule has 1 unspecified atom stereocenters. The number of carbonyl (C=O) groups excluding carboxylic acids is 1. The van der Waals surface area contributed by atoms with E-state index in [1.165, 1.54) is 0 Å². The minimum absolute atomic E-state index is 0.330. The lowest BCUT2D eigenvalue weighted by molar-refractivity contribution is -0.141. The average molecular weight is 278 g/mol. The number of carbonyl (C=O) groups is 2. The Morgan fingerprint density at radius 3 is 2.45 bits per heavy atom. The van der Waals surface area contributed by atoms with Gasteiger partial charge in [-0.3, -0.25) is 9.59 Å². The van der Waals surface area contributed by atoms with Crippen LogP contribution < -0.4 is 11.1 Å². The zero-order valence-electron chi connectivity index (χ0n) is 12.1. The van der Waals surface area contributed by atoms with Gasteiger partial charge >= 0.3 is 5.97 Å². The lowest BCUT2D eigenvalue weighted by atomic mass is 9.97. The number of aliphatic carboxylic acids is 1. The first-order valence-corrected chi connectivity index (χ1v) is 6.68. The number of aryl methyl sites for hydroxylation is 1. The largest absolute Gasteiger partial charge is 0.481 e. The summed E-state index contributed by atoms with van der Waals surface area (Å²) in [5.74, 6) is -1.35. The topological polar surface area (TPSA) is 92.4 Å². The van der Waals surface area contributed by atoms with Crippen LogP contribution >= 0.6 is 0 Å². The Morgan fingerprint density at radius 2 is 2.00 bits per heavy atom. The number of carboxylic acids is 1. The number of benzene rings is 1. The molecule has 4 N–H and O–H groups in total. The maximum atomic E-state index is 11.2. The summed E-state index contributed by atoms with van der Waals surface area (Å²) in [6.07, 6.45) is 0.626. The molecule has 20 heavy (non-hydrogen) atoms. The molecule has 1 aromatic rings. The van der Waals surface area contributed by atoms with Crippen LogP contribution in [0.5, 0.6) is 0 Å². The Bertz CT molecular complexity index is 498. The van der Waals surface area contributed by atoms with Gasteiger partial charge in [-0.25, -0.2) is 0 Å². The first kappa shape index (κ1) is 16.0. The van der Waals surface area contributed by atoms with Gasteiger partial charge in [0.15, 0.2) is 0 Å². The SMILES string of the molecule is Cc1cc(NCC(CC(C)C)C(=O)O)ccc1C(N)=O. The lowest BCUT2D eigenvalue weighted by Gasteiger charge is -2.16. The molecular formula is C15H22N2O3. The van der Waals surface area contributed by atoms with Gasteiger partial charge < -0.3 is 16.2 Å². The number of anilines is 1. The van der Waals surface area contributed by atoms with Gasteiger partial charge in [-0.2, -0.15) is 0 Å². The molecule has 110 valence electrons. The molecule has 1 aromatic carbocycles. The van der Waals surface area contributed by atoms with Crippen molar-refractivity contribution in [3.63, 3.8) is 0 Å². The molecule has 0 saturated heterocycles. The minimum Gasteiger partial charge on any atom is -0.481 e. The molecule has 0 aliphatic rings. The Balaban J connectivity index is 2.71. The second-order valence-corrected chi connectivity index (χ2v) is 5.44. The molecule has 0 fully saturated rings. The molecule has 5 heteroatoms. The fraction of sp³-hybridized carbons (Fsp3) is 0.467. The van der Waals surface area contributed by atoms with Crippen LogP contribution in [-0.2, 0) is 4.79 Å². The molecule has 0 bridgehead atoms. The first-order valence-electron chi connectivity index (χ1n) is 6.68. The van der Waals surface area contributed by atoms with Crippen molar-refractivity contribution in [1.29, 1.82) is 0 Å². The Morgan fingerprint density at radius 1 is 1.35 bits per heavy atom. The number of amides is 1. The van der Waals surface area contributed by atoms with E-state index in [2.05, 4.69) is 5.32 Å². The van der Waals surface area contributed by atoms with E-state index in [4.69, 9.17) is 5.73 Å². The zero-order chi connectivity index (χ0) is 15.3. The monoisotopic (exact) mass is 278 g/mol. The summed E-state index contributed by atoms with van der Waals surface area (Å²) in [5.41, 5.74) is 7.29. The molecule has 1 rings (SSSR count). The molecule has 0 heterocycles. The summed E-state index contributed by atoms with van der Waals surface area (Å²) < 4.78 is 0. The normalized spacial score (nSPS) is 12.2. The average Bonchev–Trinajstić information content (AvgIpc) is 2.33. The summed E-state index contributed by atoms with van der Waals surface area (Å²) >= 11 is 0. The number of hydrogen-bond donors (Lipinski definition) is 3. The number of nitrogens with one attached hydrogen (secondary N) is 1. The van der Waals surface area contributed by atoms with Crippen molar-refractivity contribution < 1.29 is 14.7 Å². The summed E-state index contributed by atoms with van der Waals surface area (Å²) in [6.45, 7) is 6.17. The lowest BCUT2D eigenvalue weighted by Crippen LogP contribution is -2.24. The van der Waals surface area contributed by atoms with Crippen molar-refractivity contribution in [2.75, 3.05) is 11.9 Å². The fourth-order valence-electron chi connectivity index (χ4n) is 2.13. The third-order valence-corrected chi connectivity index (χ3v) is 3.15. The van der Waals surface area contributed by atoms with E-state index in [0.29, 0.717) is 24.4 Å².